The molecule has 3 aromatic rings. The predicted octanol–water partition coefficient (Wildman–Crippen LogP) is 3.17. The van der Waals surface area contributed by atoms with Gasteiger partial charge in [-0.3, -0.25) is 9.59 Å². The molecule has 0 unspecified atom stereocenters. The normalized spacial score (nSPS) is 17.1. The zero-order valence-corrected chi connectivity index (χ0v) is 18.7. The first-order valence-electron chi connectivity index (χ1n) is 11.3. The van der Waals surface area contributed by atoms with Crippen LogP contribution in [0.3, 0.4) is 0 Å². The molecule has 33 heavy (non-hydrogen) atoms. The minimum atomic E-state index is -0.265. The maximum atomic E-state index is 13.5. The third kappa shape index (κ3) is 3.75. The number of amides is 2. The van der Waals surface area contributed by atoms with E-state index in [1.807, 2.05) is 48.5 Å². The second-order valence-electron chi connectivity index (χ2n) is 8.88. The Labute approximate surface area is 192 Å². The van der Waals surface area contributed by atoms with Crippen molar-refractivity contribution in [3.63, 3.8) is 0 Å². The molecule has 8 heteroatoms. The van der Waals surface area contributed by atoms with Crippen LogP contribution in [0.15, 0.2) is 48.5 Å². The van der Waals surface area contributed by atoms with Crippen molar-refractivity contribution in [2.24, 2.45) is 5.73 Å². The Morgan fingerprint density at radius 3 is 2.36 bits per heavy atom. The first-order valence-corrected chi connectivity index (χ1v) is 11.3. The lowest BCUT2D eigenvalue weighted by Gasteiger charge is -2.30. The molecule has 2 aromatic carbocycles. The van der Waals surface area contributed by atoms with Crippen molar-refractivity contribution in [2.45, 2.75) is 43.9 Å². The van der Waals surface area contributed by atoms with Crippen molar-refractivity contribution in [3.05, 3.63) is 65.5 Å². The molecule has 1 fully saturated rings. The van der Waals surface area contributed by atoms with E-state index in [0.717, 1.165) is 48.4 Å². The number of carbonyl (C=O) groups is 2. The van der Waals surface area contributed by atoms with E-state index >= 15 is 0 Å². The smallest absolute Gasteiger partial charge is 0.278 e. The monoisotopic (exact) mass is 445 g/mol. The summed E-state index contributed by atoms with van der Waals surface area (Å²) in [7, 11) is 1.61. The minimum Gasteiger partial charge on any atom is -0.497 e. The quantitative estimate of drug-likeness (QED) is 0.628. The zero-order chi connectivity index (χ0) is 23.0. The molecule has 0 bridgehead atoms. The van der Waals surface area contributed by atoms with Gasteiger partial charge in [0, 0.05) is 30.5 Å². The molecule has 0 saturated heterocycles. The molecule has 2 heterocycles. The van der Waals surface area contributed by atoms with Crippen LogP contribution >= 0.6 is 0 Å². The summed E-state index contributed by atoms with van der Waals surface area (Å²) in [5.74, 6) is 0.341. The Kier molecular flexibility index (Phi) is 5.36. The molecule has 5 rings (SSSR count). The van der Waals surface area contributed by atoms with E-state index in [4.69, 9.17) is 10.5 Å². The van der Waals surface area contributed by atoms with Crippen LogP contribution in [-0.4, -0.2) is 40.5 Å². The number of aromatic nitrogens is 3. The van der Waals surface area contributed by atoms with E-state index in [9.17, 15) is 9.59 Å². The summed E-state index contributed by atoms with van der Waals surface area (Å²) in [4.78, 5) is 27.0. The Balaban J connectivity index is 1.43. The average Bonchev–Trinajstić information content (AvgIpc) is 3.48. The SMILES string of the molecule is COc1ccc(-n2nnc3c2C(=O)N(c2ccc(C4(CC(N)=O)CCCC4)cc2)CC3)cc1. The summed E-state index contributed by atoms with van der Waals surface area (Å²) in [6.07, 6.45) is 5.13. The van der Waals surface area contributed by atoms with Crippen LogP contribution in [0.25, 0.3) is 5.69 Å². The summed E-state index contributed by atoms with van der Waals surface area (Å²) in [5.41, 5.74) is 9.27. The van der Waals surface area contributed by atoms with Crippen LogP contribution in [0.4, 0.5) is 5.69 Å². The van der Waals surface area contributed by atoms with Crippen molar-refractivity contribution < 1.29 is 14.3 Å². The topological polar surface area (TPSA) is 103 Å². The molecule has 0 spiro atoms. The number of fused-ring (bicyclic) bond motifs is 1. The summed E-state index contributed by atoms with van der Waals surface area (Å²) in [5, 5.41) is 8.49. The highest BCUT2D eigenvalue weighted by Crippen LogP contribution is 2.44. The lowest BCUT2D eigenvalue weighted by Crippen LogP contribution is -2.39. The van der Waals surface area contributed by atoms with Gasteiger partial charge >= 0.3 is 0 Å². The number of carbonyl (C=O) groups excluding carboxylic acids is 2. The van der Waals surface area contributed by atoms with Crippen LogP contribution in [0.5, 0.6) is 5.75 Å². The zero-order valence-electron chi connectivity index (χ0n) is 18.7. The van der Waals surface area contributed by atoms with E-state index in [2.05, 4.69) is 10.3 Å². The fraction of sp³-hybridized carbons (Fsp3) is 0.360. The predicted molar refractivity (Wildman–Crippen MR) is 124 cm³/mol. The lowest BCUT2D eigenvalue weighted by molar-refractivity contribution is -0.119. The highest BCUT2D eigenvalue weighted by Gasteiger charge is 2.37. The minimum absolute atomic E-state index is 0.127. The summed E-state index contributed by atoms with van der Waals surface area (Å²) in [6, 6.07) is 15.4. The molecular weight excluding hydrogens is 418 g/mol. The number of rotatable bonds is 6. The van der Waals surface area contributed by atoms with E-state index in [-0.39, 0.29) is 17.2 Å². The van der Waals surface area contributed by atoms with Crippen LogP contribution in [0.2, 0.25) is 0 Å². The fourth-order valence-corrected chi connectivity index (χ4v) is 5.24. The molecule has 170 valence electrons. The Morgan fingerprint density at radius 2 is 1.73 bits per heavy atom. The molecule has 1 aliphatic carbocycles. The largest absolute Gasteiger partial charge is 0.497 e. The van der Waals surface area contributed by atoms with E-state index in [1.165, 1.54) is 0 Å². The van der Waals surface area contributed by atoms with Gasteiger partial charge in [-0.05, 0) is 54.8 Å². The first kappa shape index (κ1) is 21.2. The van der Waals surface area contributed by atoms with Gasteiger partial charge in [-0.2, -0.15) is 0 Å². The Bertz CT molecular complexity index is 1180. The van der Waals surface area contributed by atoms with Crippen molar-refractivity contribution in [1.29, 1.82) is 0 Å². The molecule has 1 saturated carbocycles. The highest BCUT2D eigenvalue weighted by molar-refractivity contribution is 6.07. The molecule has 1 aromatic heterocycles. The number of nitrogens with two attached hydrogens (primary N) is 1. The molecule has 0 atom stereocenters. The fourth-order valence-electron chi connectivity index (χ4n) is 5.24. The van der Waals surface area contributed by atoms with Gasteiger partial charge in [0.2, 0.25) is 5.91 Å². The lowest BCUT2D eigenvalue weighted by atomic mass is 9.76. The number of anilines is 1. The maximum absolute atomic E-state index is 13.5. The molecular formula is C25H27N5O3. The van der Waals surface area contributed by atoms with Gasteiger partial charge in [-0.15, -0.1) is 5.10 Å². The maximum Gasteiger partial charge on any atom is 0.278 e. The Morgan fingerprint density at radius 1 is 1.06 bits per heavy atom. The molecule has 8 nitrogen and oxygen atoms in total. The van der Waals surface area contributed by atoms with Gasteiger partial charge in [0.1, 0.15) is 5.75 Å². The second kappa shape index (κ2) is 8.35. The second-order valence-corrected chi connectivity index (χ2v) is 8.88. The van der Waals surface area contributed by atoms with Gasteiger partial charge < -0.3 is 15.4 Å². The number of nitrogens with zero attached hydrogens (tertiary/aromatic N) is 4. The molecule has 1 aliphatic heterocycles. The number of methoxy groups -OCH3 is 1. The summed E-state index contributed by atoms with van der Waals surface area (Å²) >= 11 is 0. The number of primary amides is 1. The summed E-state index contributed by atoms with van der Waals surface area (Å²) < 4.78 is 6.82. The van der Waals surface area contributed by atoms with E-state index < -0.39 is 0 Å². The van der Waals surface area contributed by atoms with Crippen molar-refractivity contribution >= 4 is 17.5 Å². The van der Waals surface area contributed by atoms with Gasteiger partial charge in [0.05, 0.1) is 18.5 Å². The number of benzene rings is 2. The van der Waals surface area contributed by atoms with Gasteiger partial charge in [-0.1, -0.05) is 30.2 Å². The standard InChI is InChI=1S/C25H27N5O3/c1-33-20-10-8-19(9-11-20)30-23-21(27-28-30)12-15-29(24(23)32)18-6-4-17(5-7-18)25(16-22(26)31)13-2-3-14-25/h4-11H,2-3,12-16H2,1H3,(H2,26,31). The van der Waals surface area contributed by atoms with Crippen molar-refractivity contribution in [1.82, 2.24) is 15.0 Å². The molecule has 2 amide bonds. The van der Waals surface area contributed by atoms with Gasteiger partial charge in [0.15, 0.2) is 5.69 Å². The molecule has 2 aliphatic rings. The number of ether oxygens (including phenoxy) is 1. The average molecular weight is 446 g/mol. The van der Waals surface area contributed by atoms with Crippen LogP contribution in [-0.2, 0) is 16.6 Å². The van der Waals surface area contributed by atoms with Crippen LogP contribution in [0.1, 0.15) is 53.8 Å². The van der Waals surface area contributed by atoms with Gasteiger partial charge in [0.25, 0.3) is 5.91 Å². The molecule has 0 radical (unpaired) electrons. The van der Waals surface area contributed by atoms with Crippen molar-refractivity contribution in [2.75, 3.05) is 18.6 Å². The third-order valence-corrected chi connectivity index (χ3v) is 6.94. The van der Waals surface area contributed by atoms with E-state index in [0.29, 0.717) is 30.8 Å². The van der Waals surface area contributed by atoms with E-state index in [1.54, 1.807) is 16.7 Å². The Hall–Kier alpha value is -3.68. The highest BCUT2D eigenvalue weighted by atomic mass is 16.5. The molecule has 2 N–H and O–H groups in total. The number of hydrogen-bond acceptors (Lipinski definition) is 5. The van der Waals surface area contributed by atoms with Crippen LogP contribution in [0, 0.1) is 0 Å². The summed E-state index contributed by atoms with van der Waals surface area (Å²) in [6.45, 7) is 0.541. The van der Waals surface area contributed by atoms with Gasteiger partial charge in [-0.25, -0.2) is 4.68 Å². The van der Waals surface area contributed by atoms with Crippen molar-refractivity contribution in [3.8, 4) is 11.4 Å². The first-order chi connectivity index (χ1) is 16.0. The van der Waals surface area contributed by atoms with Crippen LogP contribution < -0.4 is 15.4 Å². The number of hydrogen-bond donors (Lipinski definition) is 1. The third-order valence-electron chi connectivity index (χ3n) is 6.94.